The molecule has 0 fully saturated rings. The van der Waals surface area contributed by atoms with Gasteiger partial charge in [-0.25, -0.2) is 4.98 Å². The van der Waals surface area contributed by atoms with E-state index in [1.165, 1.54) is 0 Å². The van der Waals surface area contributed by atoms with Crippen LogP contribution in [0.5, 0.6) is 0 Å². The van der Waals surface area contributed by atoms with Gasteiger partial charge in [-0.05, 0) is 26.0 Å². The molecule has 0 aliphatic carbocycles. The molecule has 0 saturated heterocycles. The maximum atomic E-state index is 5.82. The Balaban J connectivity index is 2.54. The summed E-state index contributed by atoms with van der Waals surface area (Å²) >= 11 is 0. The predicted octanol–water partition coefficient (Wildman–Crippen LogP) is 1.86. The molecular formula is C11H14N4. The van der Waals surface area contributed by atoms with E-state index in [2.05, 4.69) is 17.0 Å². The van der Waals surface area contributed by atoms with E-state index in [9.17, 15) is 0 Å². The van der Waals surface area contributed by atoms with Crippen molar-refractivity contribution in [3.8, 4) is 11.1 Å². The minimum Gasteiger partial charge on any atom is -0.383 e. The molecule has 0 unspecified atom stereocenters. The number of hydrogen-bond acceptors (Lipinski definition) is 3. The van der Waals surface area contributed by atoms with Crippen molar-refractivity contribution < 1.29 is 0 Å². The predicted molar refractivity (Wildman–Crippen MR) is 60.3 cm³/mol. The van der Waals surface area contributed by atoms with E-state index in [1.54, 1.807) is 6.20 Å². The Labute approximate surface area is 88.8 Å². The minimum atomic E-state index is 0.552. The number of pyridine rings is 1. The number of aromatic nitrogens is 3. The lowest BCUT2D eigenvalue weighted by Gasteiger charge is -2.01. The molecule has 0 radical (unpaired) electrons. The average Bonchev–Trinajstić information content (AvgIpc) is 2.60. The lowest BCUT2D eigenvalue weighted by Crippen LogP contribution is -1.93. The first-order valence-electron chi connectivity index (χ1n) is 4.97. The Morgan fingerprint density at radius 2 is 2.20 bits per heavy atom. The van der Waals surface area contributed by atoms with Crippen LogP contribution in [0.1, 0.15) is 12.6 Å². The Kier molecular flexibility index (Phi) is 2.41. The van der Waals surface area contributed by atoms with Crippen molar-refractivity contribution in [2.45, 2.75) is 20.4 Å². The Morgan fingerprint density at radius 1 is 1.40 bits per heavy atom. The monoisotopic (exact) mass is 202 g/mol. The molecule has 0 amide bonds. The third-order valence-corrected chi connectivity index (χ3v) is 2.40. The highest BCUT2D eigenvalue weighted by Gasteiger charge is 2.09. The third kappa shape index (κ3) is 1.70. The Bertz CT molecular complexity index is 473. The van der Waals surface area contributed by atoms with E-state index >= 15 is 0 Å². The highest BCUT2D eigenvalue weighted by atomic mass is 15.3. The first-order valence-corrected chi connectivity index (χ1v) is 4.97. The summed E-state index contributed by atoms with van der Waals surface area (Å²) in [6.07, 6.45) is 3.70. The van der Waals surface area contributed by atoms with Crippen LogP contribution in [-0.4, -0.2) is 14.8 Å². The van der Waals surface area contributed by atoms with Crippen LogP contribution in [0.25, 0.3) is 11.1 Å². The maximum absolute atomic E-state index is 5.82. The lowest BCUT2D eigenvalue weighted by atomic mass is 10.1. The van der Waals surface area contributed by atoms with Gasteiger partial charge >= 0.3 is 0 Å². The Morgan fingerprint density at radius 3 is 2.80 bits per heavy atom. The van der Waals surface area contributed by atoms with Crippen LogP contribution < -0.4 is 5.73 Å². The number of hydrogen-bond donors (Lipinski definition) is 1. The fourth-order valence-corrected chi connectivity index (χ4v) is 1.59. The van der Waals surface area contributed by atoms with Crippen molar-refractivity contribution in [3.63, 3.8) is 0 Å². The molecule has 0 spiro atoms. The molecule has 4 heteroatoms. The summed E-state index contributed by atoms with van der Waals surface area (Å²) in [6, 6.07) is 3.85. The fraction of sp³-hybridized carbons (Fsp3) is 0.273. The first-order chi connectivity index (χ1) is 7.22. The quantitative estimate of drug-likeness (QED) is 0.808. The molecule has 0 saturated carbocycles. The van der Waals surface area contributed by atoms with Gasteiger partial charge in [0, 0.05) is 30.1 Å². The van der Waals surface area contributed by atoms with Crippen LogP contribution >= 0.6 is 0 Å². The van der Waals surface area contributed by atoms with Crippen molar-refractivity contribution in [1.29, 1.82) is 0 Å². The zero-order valence-electron chi connectivity index (χ0n) is 8.94. The van der Waals surface area contributed by atoms with E-state index in [4.69, 9.17) is 5.73 Å². The van der Waals surface area contributed by atoms with Gasteiger partial charge in [0.05, 0.1) is 5.69 Å². The van der Waals surface area contributed by atoms with Crippen molar-refractivity contribution in [1.82, 2.24) is 14.8 Å². The third-order valence-electron chi connectivity index (χ3n) is 2.40. The van der Waals surface area contributed by atoms with Crippen LogP contribution in [0.3, 0.4) is 0 Å². The molecule has 0 atom stereocenters. The number of nitrogens with zero attached hydrogens (tertiary/aromatic N) is 3. The summed E-state index contributed by atoms with van der Waals surface area (Å²) in [7, 11) is 0. The molecule has 2 aromatic heterocycles. The second-order valence-corrected chi connectivity index (χ2v) is 3.42. The molecule has 2 N–H and O–H groups in total. The molecular weight excluding hydrogens is 188 g/mol. The molecule has 15 heavy (non-hydrogen) atoms. The molecule has 0 aliphatic heterocycles. The first kappa shape index (κ1) is 9.71. The standard InChI is InChI=1S/C11H14N4/c1-3-15-7-10(8(2)14-15)9-5-4-6-13-11(9)12/h4-7H,3H2,1-2H3,(H2,12,13). The number of aryl methyl sites for hydroxylation is 2. The number of anilines is 1. The normalized spacial score (nSPS) is 10.5. The second kappa shape index (κ2) is 3.73. The van der Waals surface area contributed by atoms with Crippen LogP contribution in [0.15, 0.2) is 24.5 Å². The van der Waals surface area contributed by atoms with Crippen molar-refractivity contribution in [3.05, 3.63) is 30.2 Å². The van der Waals surface area contributed by atoms with Crippen LogP contribution in [0.2, 0.25) is 0 Å². The molecule has 0 aromatic carbocycles. The summed E-state index contributed by atoms with van der Waals surface area (Å²) < 4.78 is 1.90. The summed E-state index contributed by atoms with van der Waals surface area (Å²) in [6.45, 7) is 4.90. The van der Waals surface area contributed by atoms with Gasteiger partial charge in [0.1, 0.15) is 5.82 Å². The highest BCUT2D eigenvalue weighted by Crippen LogP contribution is 2.26. The zero-order chi connectivity index (χ0) is 10.8. The second-order valence-electron chi connectivity index (χ2n) is 3.42. The SMILES string of the molecule is CCn1cc(-c2cccnc2N)c(C)n1. The zero-order valence-corrected chi connectivity index (χ0v) is 8.94. The van der Waals surface area contributed by atoms with Crippen LogP contribution in [0, 0.1) is 6.92 Å². The number of nitrogen functional groups attached to an aromatic ring is 1. The molecule has 78 valence electrons. The van der Waals surface area contributed by atoms with Crippen molar-refractivity contribution in [2.75, 3.05) is 5.73 Å². The summed E-state index contributed by atoms with van der Waals surface area (Å²) in [5.74, 6) is 0.552. The average molecular weight is 202 g/mol. The van der Waals surface area contributed by atoms with Gasteiger partial charge in [-0.2, -0.15) is 5.10 Å². The van der Waals surface area contributed by atoms with Gasteiger partial charge < -0.3 is 5.73 Å². The molecule has 0 bridgehead atoms. The maximum Gasteiger partial charge on any atom is 0.131 e. The van der Waals surface area contributed by atoms with E-state index in [1.807, 2.05) is 29.9 Å². The summed E-state index contributed by atoms with van der Waals surface area (Å²) in [5.41, 5.74) is 8.82. The van der Waals surface area contributed by atoms with Crippen molar-refractivity contribution >= 4 is 5.82 Å². The van der Waals surface area contributed by atoms with Crippen LogP contribution in [0.4, 0.5) is 5.82 Å². The smallest absolute Gasteiger partial charge is 0.131 e. The van der Waals surface area contributed by atoms with Gasteiger partial charge in [0.15, 0.2) is 0 Å². The molecule has 4 nitrogen and oxygen atoms in total. The molecule has 2 aromatic rings. The minimum absolute atomic E-state index is 0.552. The molecule has 0 aliphatic rings. The van der Waals surface area contributed by atoms with E-state index in [-0.39, 0.29) is 0 Å². The molecule has 2 heterocycles. The van der Waals surface area contributed by atoms with E-state index in [0.717, 1.165) is 23.4 Å². The van der Waals surface area contributed by atoms with E-state index < -0.39 is 0 Å². The van der Waals surface area contributed by atoms with E-state index in [0.29, 0.717) is 5.82 Å². The fourth-order valence-electron chi connectivity index (χ4n) is 1.59. The van der Waals surface area contributed by atoms with Gasteiger partial charge in [-0.15, -0.1) is 0 Å². The highest BCUT2D eigenvalue weighted by molar-refractivity contribution is 5.74. The Hall–Kier alpha value is -1.84. The number of nitrogens with two attached hydrogens (primary N) is 1. The largest absolute Gasteiger partial charge is 0.383 e. The van der Waals surface area contributed by atoms with Gasteiger partial charge in [-0.1, -0.05) is 0 Å². The van der Waals surface area contributed by atoms with Gasteiger partial charge in [0.25, 0.3) is 0 Å². The van der Waals surface area contributed by atoms with Crippen molar-refractivity contribution in [2.24, 2.45) is 0 Å². The summed E-state index contributed by atoms with van der Waals surface area (Å²) in [5, 5.41) is 4.38. The lowest BCUT2D eigenvalue weighted by molar-refractivity contribution is 0.653. The molecule has 2 rings (SSSR count). The van der Waals surface area contributed by atoms with Gasteiger partial charge in [0.2, 0.25) is 0 Å². The van der Waals surface area contributed by atoms with Crippen LogP contribution in [-0.2, 0) is 6.54 Å². The summed E-state index contributed by atoms with van der Waals surface area (Å²) in [4.78, 5) is 4.07. The van der Waals surface area contributed by atoms with Gasteiger partial charge in [-0.3, -0.25) is 4.68 Å². The topological polar surface area (TPSA) is 56.7 Å². The number of rotatable bonds is 2.